The Morgan fingerprint density at radius 3 is 1.89 bits per heavy atom. The summed E-state index contributed by atoms with van der Waals surface area (Å²) in [5, 5.41) is 18.6. The molecule has 0 aliphatic heterocycles. The molecule has 4 aromatic carbocycles. The highest BCUT2D eigenvalue weighted by atomic mass is 32.2. The van der Waals surface area contributed by atoms with Crippen LogP contribution in [0.15, 0.2) is 85.6 Å². The molecule has 0 aromatic heterocycles. The minimum Gasteiger partial charge on any atom is -0.504 e. The molecule has 0 unspecified atom stereocenters. The Kier molecular flexibility index (Phi) is 5.87. The van der Waals surface area contributed by atoms with E-state index in [0.29, 0.717) is 23.6 Å². The van der Waals surface area contributed by atoms with E-state index in [1.807, 2.05) is 0 Å². The van der Waals surface area contributed by atoms with E-state index >= 15 is 0 Å². The predicted molar refractivity (Wildman–Crippen MR) is 123 cm³/mol. The van der Waals surface area contributed by atoms with Gasteiger partial charge in [-0.15, -0.1) is 10.2 Å². The monoisotopic (exact) mass is 538 g/mol. The van der Waals surface area contributed by atoms with Gasteiger partial charge in [-0.05, 0) is 35.0 Å². The van der Waals surface area contributed by atoms with E-state index in [4.69, 9.17) is 0 Å². The maximum atomic E-state index is 12.1. The summed E-state index contributed by atoms with van der Waals surface area (Å²) >= 11 is 0. The van der Waals surface area contributed by atoms with Gasteiger partial charge in [-0.1, -0.05) is 36.4 Å². The van der Waals surface area contributed by atoms with Crippen molar-refractivity contribution in [2.75, 3.05) is 0 Å². The summed E-state index contributed by atoms with van der Waals surface area (Å²) in [4.78, 5) is -3.28. The van der Waals surface area contributed by atoms with Crippen molar-refractivity contribution in [1.82, 2.24) is 0 Å². The molecule has 0 spiro atoms. The third-order valence-corrected chi connectivity index (χ3v) is 7.54. The Hall–Kier alpha value is -3.47. The first-order valence-electron chi connectivity index (χ1n) is 9.33. The maximum absolute atomic E-state index is 12.1. The molecule has 4 aromatic rings. The number of benzene rings is 4. The van der Waals surface area contributed by atoms with Crippen LogP contribution in [0.2, 0.25) is 0 Å². The van der Waals surface area contributed by atoms with Crippen LogP contribution >= 0.6 is 0 Å². The summed E-state index contributed by atoms with van der Waals surface area (Å²) in [5.41, 5.74) is -0.576. The SMILES string of the molecule is O=S(=O)(O)c1cc(S(=O)(=O)O)c2c(N=Nc3cccc4ccccc34)c(O)c(S(=O)(=O)O)cc2c1. The van der Waals surface area contributed by atoms with Crippen LogP contribution in [0.3, 0.4) is 0 Å². The lowest BCUT2D eigenvalue weighted by Crippen LogP contribution is -2.06. The Morgan fingerprint density at radius 1 is 0.629 bits per heavy atom. The van der Waals surface area contributed by atoms with Crippen LogP contribution in [0.25, 0.3) is 21.5 Å². The van der Waals surface area contributed by atoms with Crippen molar-refractivity contribution in [3.05, 3.63) is 60.7 Å². The van der Waals surface area contributed by atoms with E-state index in [0.717, 1.165) is 5.39 Å². The van der Waals surface area contributed by atoms with Gasteiger partial charge in [0.15, 0.2) is 5.75 Å². The van der Waals surface area contributed by atoms with Gasteiger partial charge in [0.1, 0.15) is 15.5 Å². The van der Waals surface area contributed by atoms with Crippen LogP contribution < -0.4 is 0 Å². The van der Waals surface area contributed by atoms with E-state index in [2.05, 4.69) is 10.2 Å². The molecule has 0 heterocycles. The number of fused-ring (bicyclic) bond motifs is 2. The zero-order chi connectivity index (χ0) is 25.8. The molecular formula is C20H14N2O10S3. The lowest BCUT2D eigenvalue weighted by atomic mass is 10.1. The highest BCUT2D eigenvalue weighted by molar-refractivity contribution is 7.87. The average Bonchev–Trinajstić information content (AvgIpc) is 2.75. The van der Waals surface area contributed by atoms with E-state index in [-0.39, 0.29) is 5.69 Å². The molecule has 0 bridgehead atoms. The fourth-order valence-corrected chi connectivity index (χ4v) is 5.45. The third kappa shape index (κ3) is 4.72. The lowest BCUT2D eigenvalue weighted by Gasteiger charge is -2.13. The largest absolute Gasteiger partial charge is 0.504 e. The Bertz CT molecular complexity index is 1880. The molecular weight excluding hydrogens is 524 g/mol. The smallest absolute Gasteiger partial charge is 0.298 e. The number of aromatic hydroxyl groups is 1. The molecule has 0 aliphatic carbocycles. The average molecular weight is 539 g/mol. The normalized spacial score (nSPS) is 13.1. The van der Waals surface area contributed by atoms with Crippen LogP contribution in [0, 0.1) is 0 Å². The van der Waals surface area contributed by atoms with Crippen molar-refractivity contribution >= 4 is 63.3 Å². The highest BCUT2D eigenvalue weighted by Gasteiger charge is 2.28. The summed E-state index contributed by atoms with van der Waals surface area (Å²) < 4.78 is 99.8. The van der Waals surface area contributed by atoms with Crippen molar-refractivity contribution in [2.45, 2.75) is 14.7 Å². The number of hydrogen-bond acceptors (Lipinski definition) is 9. The van der Waals surface area contributed by atoms with E-state index in [1.54, 1.807) is 36.4 Å². The Labute approximate surface area is 198 Å². The van der Waals surface area contributed by atoms with Gasteiger partial charge in [0, 0.05) is 10.8 Å². The molecule has 15 heteroatoms. The first kappa shape index (κ1) is 24.6. The van der Waals surface area contributed by atoms with Gasteiger partial charge in [-0.3, -0.25) is 13.7 Å². The van der Waals surface area contributed by atoms with Crippen LogP contribution in [-0.4, -0.2) is 44.0 Å². The number of phenols is 1. The number of rotatable bonds is 5. The molecule has 0 radical (unpaired) electrons. The van der Waals surface area contributed by atoms with E-state index in [1.165, 1.54) is 6.07 Å². The van der Waals surface area contributed by atoms with Gasteiger partial charge < -0.3 is 5.11 Å². The molecule has 0 amide bonds. The fourth-order valence-electron chi connectivity index (χ4n) is 3.47. The topological polar surface area (TPSA) is 208 Å². The summed E-state index contributed by atoms with van der Waals surface area (Å²) in [6.07, 6.45) is 0. The molecule has 12 nitrogen and oxygen atoms in total. The number of hydrogen-bond donors (Lipinski definition) is 4. The molecule has 4 N–H and O–H groups in total. The third-order valence-electron chi connectivity index (χ3n) is 4.97. The van der Waals surface area contributed by atoms with Crippen LogP contribution in [0.5, 0.6) is 5.75 Å². The molecule has 0 saturated carbocycles. The summed E-state index contributed by atoms with van der Waals surface area (Å²) in [5.74, 6) is -1.21. The number of phenolic OH excluding ortho intramolecular Hbond substituents is 1. The zero-order valence-electron chi connectivity index (χ0n) is 17.1. The molecule has 0 aliphatic rings. The highest BCUT2D eigenvalue weighted by Crippen LogP contribution is 2.45. The summed E-state index contributed by atoms with van der Waals surface area (Å²) in [7, 11) is -15.4. The first-order valence-corrected chi connectivity index (χ1v) is 13.7. The van der Waals surface area contributed by atoms with Crippen molar-refractivity contribution in [1.29, 1.82) is 0 Å². The van der Waals surface area contributed by atoms with Crippen molar-refractivity contribution < 1.29 is 44.0 Å². The number of azo groups is 1. The van der Waals surface area contributed by atoms with Gasteiger partial charge >= 0.3 is 0 Å². The minimum absolute atomic E-state index is 0.232. The van der Waals surface area contributed by atoms with Gasteiger partial charge in [-0.2, -0.15) is 25.3 Å². The fraction of sp³-hybridized carbons (Fsp3) is 0. The second-order valence-corrected chi connectivity index (χ2v) is 11.4. The number of nitrogens with zero attached hydrogens (tertiary/aromatic N) is 2. The van der Waals surface area contributed by atoms with Crippen molar-refractivity contribution in [2.24, 2.45) is 10.2 Å². The van der Waals surface area contributed by atoms with Gasteiger partial charge in [0.05, 0.1) is 10.6 Å². The second-order valence-electron chi connectivity index (χ2n) is 7.21. The second kappa shape index (κ2) is 8.33. The standard InChI is InChI=1S/C20H14N2O10S3/c23-20-17(35(30,31)32)9-12-8-13(33(24,25)26)10-16(34(27,28)29)18(12)19(20)22-21-15-7-3-5-11-4-1-2-6-14(11)15/h1-10,23H,(H,24,25,26)(H,27,28,29)(H,30,31,32). The quantitative estimate of drug-likeness (QED) is 0.213. The molecule has 0 fully saturated rings. The van der Waals surface area contributed by atoms with Crippen LogP contribution in [0.4, 0.5) is 11.4 Å². The van der Waals surface area contributed by atoms with Gasteiger partial charge in [0.2, 0.25) is 0 Å². The van der Waals surface area contributed by atoms with E-state index in [9.17, 15) is 44.0 Å². The first-order chi connectivity index (χ1) is 16.2. The van der Waals surface area contributed by atoms with Crippen molar-refractivity contribution in [3.8, 4) is 5.75 Å². The predicted octanol–water partition coefficient (Wildman–Crippen LogP) is 3.85. The zero-order valence-corrected chi connectivity index (χ0v) is 19.6. The molecule has 4 rings (SSSR count). The molecule has 35 heavy (non-hydrogen) atoms. The molecule has 0 atom stereocenters. The maximum Gasteiger partial charge on any atom is 0.298 e. The molecule has 182 valence electrons. The Morgan fingerprint density at radius 2 is 1.26 bits per heavy atom. The van der Waals surface area contributed by atoms with Gasteiger partial charge in [0.25, 0.3) is 30.4 Å². The van der Waals surface area contributed by atoms with Crippen molar-refractivity contribution in [3.63, 3.8) is 0 Å². The van der Waals surface area contributed by atoms with Gasteiger partial charge in [-0.25, -0.2) is 0 Å². The summed E-state index contributed by atoms with van der Waals surface area (Å²) in [6.45, 7) is 0. The van der Waals surface area contributed by atoms with Crippen LogP contribution in [-0.2, 0) is 30.4 Å². The molecule has 0 saturated heterocycles. The Balaban J connectivity index is 2.16. The van der Waals surface area contributed by atoms with Crippen LogP contribution in [0.1, 0.15) is 0 Å². The lowest BCUT2D eigenvalue weighted by molar-refractivity contribution is 0.445. The minimum atomic E-state index is -5.22. The summed E-state index contributed by atoms with van der Waals surface area (Å²) in [6, 6.07) is 13.5. The van der Waals surface area contributed by atoms with E-state index < -0.39 is 67.3 Å².